The Hall–Kier alpha value is -2.43. The quantitative estimate of drug-likeness (QED) is 0.347. The third-order valence-electron chi connectivity index (χ3n) is 2.12. The molecule has 0 saturated heterocycles. The van der Waals surface area contributed by atoms with Crippen molar-refractivity contribution in [1.82, 2.24) is 0 Å². The van der Waals surface area contributed by atoms with Crippen molar-refractivity contribution in [2.75, 3.05) is 0 Å². The Morgan fingerprint density at radius 1 is 1.44 bits per heavy atom. The maximum absolute atomic E-state index is 10.8. The van der Waals surface area contributed by atoms with Crippen molar-refractivity contribution in [2.24, 2.45) is 0 Å². The summed E-state index contributed by atoms with van der Waals surface area (Å²) in [5.41, 5.74) is 0.812. The summed E-state index contributed by atoms with van der Waals surface area (Å²) >= 11 is 0. The molecule has 5 nitrogen and oxygen atoms in total. The topological polar surface area (TPSA) is 69.4 Å². The Morgan fingerprint density at radius 2 is 2.06 bits per heavy atom. The molecule has 0 aliphatic rings. The summed E-state index contributed by atoms with van der Waals surface area (Å²) in [7, 11) is 0. The fourth-order valence-corrected chi connectivity index (χ4v) is 1.27. The van der Waals surface area contributed by atoms with Gasteiger partial charge in [-0.15, -0.1) is 0 Å². The van der Waals surface area contributed by atoms with Gasteiger partial charge < -0.3 is 4.74 Å². The van der Waals surface area contributed by atoms with Gasteiger partial charge in [-0.3, -0.25) is 14.9 Å². The summed E-state index contributed by atoms with van der Waals surface area (Å²) in [6.45, 7) is 4.86. The molecule has 1 aromatic carbocycles. The molecule has 0 saturated carbocycles. The zero-order valence-corrected chi connectivity index (χ0v) is 9.91. The maximum atomic E-state index is 10.8. The number of rotatable bonds is 5. The van der Waals surface area contributed by atoms with E-state index in [0.29, 0.717) is 0 Å². The van der Waals surface area contributed by atoms with E-state index in [4.69, 9.17) is 4.74 Å². The number of nitro benzene ring substituents is 1. The van der Waals surface area contributed by atoms with Crippen LogP contribution in [0.25, 0.3) is 6.08 Å². The fourth-order valence-electron chi connectivity index (χ4n) is 1.27. The zero-order chi connectivity index (χ0) is 13.5. The van der Waals surface area contributed by atoms with E-state index in [-0.39, 0.29) is 5.69 Å². The van der Waals surface area contributed by atoms with Crippen LogP contribution in [0.3, 0.4) is 0 Å². The first-order valence-corrected chi connectivity index (χ1v) is 5.25. The van der Waals surface area contributed by atoms with Gasteiger partial charge in [0.05, 0.1) is 4.92 Å². The van der Waals surface area contributed by atoms with Gasteiger partial charge in [0.15, 0.2) is 0 Å². The van der Waals surface area contributed by atoms with Gasteiger partial charge in [0.1, 0.15) is 6.10 Å². The molecule has 0 heterocycles. The van der Waals surface area contributed by atoms with E-state index in [9.17, 15) is 14.9 Å². The van der Waals surface area contributed by atoms with Crippen LogP contribution in [0.15, 0.2) is 43.0 Å². The lowest BCUT2D eigenvalue weighted by Gasteiger charge is -2.06. The normalized spacial score (nSPS) is 12.1. The Morgan fingerprint density at radius 3 is 2.50 bits per heavy atom. The lowest BCUT2D eigenvalue weighted by atomic mass is 10.1. The van der Waals surface area contributed by atoms with Crippen molar-refractivity contribution < 1.29 is 14.5 Å². The third-order valence-corrected chi connectivity index (χ3v) is 2.12. The monoisotopic (exact) mass is 247 g/mol. The maximum Gasteiger partial charge on any atom is 0.303 e. The molecule has 18 heavy (non-hydrogen) atoms. The Kier molecular flexibility index (Phi) is 4.80. The minimum absolute atomic E-state index is 0.0346. The van der Waals surface area contributed by atoms with Crippen molar-refractivity contribution in [1.29, 1.82) is 0 Å². The average molecular weight is 247 g/mol. The molecule has 1 atom stereocenters. The first-order chi connectivity index (χ1) is 8.52. The first kappa shape index (κ1) is 13.6. The Labute approximate surface area is 105 Å². The molecule has 0 aliphatic carbocycles. The molecule has 0 fully saturated rings. The summed E-state index contributed by atoms with van der Waals surface area (Å²) in [4.78, 5) is 20.8. The van der Waals surface area contributed by atoms with Crippen molar-refractivity contribution in [2.45, 2.75) is 13.0 Å². The molecule has 1 aromatic rings. The van der Waals surface area contributed by atoms with Crippen molar-refractivity contribution in [3.05, 3.63) is 58.7 Å². The molecule has 0 amide bonds. The number of nitrogens with zero attached hydrogens (tertiary/aromatic N) is 1. The number of esters is 1. The molecular weight excluding hydrogens is 234 g/mol. The summed E-state index contributed by atoms with van der Waals surface area (Å²) in [6, 6.07) is 6.05. The number of carbonyl (C=O) groups is 1. The number of non-ortho nitro benzene ring substituents is 1. The molecule has 0 aromatic heterocycles. The highest BCUT2D eigenvalue weighted by atomic mass is 16.6. The average Bonchev–Trinajstić information content (AvgIpc) is 2.34. The van der Waals surface area contributed by atoms with Gasteiger partial charge in [0.2, 0.25) is 0 Å². The van der Waals surface area contributed by atoms with Crippen LogP contribution in [-0.2, 0) is 9.53 Å². The largest absolute Gasteiger partial charge is 0.454 e. The second kappa shape index (κ2) is 6.34. The minimum Gasteiger partial charge on any atom is -0.454 e. The molecule has 1 unspecified atom stereocenters. The van der Waals surface area contributed by atoms with E-state index in [1.807, 2.05) is 0 Å². The van der Waals surface area contributed by atoms with E-state index >= 15 is 0 Å². The van der Waals surface area contributed by atoms with Gasteiger partial charge in [-0.2, -0.15) is 0 Å². The number of benzene rings is 1. The molecule has 5 heteroatoms. The van der Waals surface area contributed by atoms with Gasteiger partial charge in [-0.05, 0) is 29.8 Å². The summed E-state index contributed by atoms with van der Waals surface area (Å²) in [5, 5.41) is 10.5. The Balaban J connectivity index is 2.73. The van der Waals surface area contributed by atoms with E-state index in [2.05, 4.69) is 6.58 Å². The van der Waals surface area contributed by atoms with Crippen LogP contribution >= 0.6 is 0 Å². The molecule has 0 bridgehead atoms. The van der Waals surface area contributed by atoms with Crippen molar-refractivity contribution in [3.63, 3.8) is 0 Å². The Bertz CT molecular complexity index is 476. The first-order valence-electron chi connectivity index (χ1n) is 5.25. The molecule has 0 radical (unpaired) electrons. The van der Waals surface area contributed by atoms with Gasteiger partial charge in [-0.1, -0.05) is 12.7 Å². The summed E-state index contributed by atoms with van der Waals surface area (Å²) in [6.07, 6.45) is 4.34. The van der Waals surface area contributed by atoms with E-state index in [1.54, 1.807) is 24.3 Å². The molecule has 0 aliphatic heterocycles. The number of ether oxygens (including phenoxy) is 1. The third kappa shape index (κ3) is 4.21. The van der Waals surface area contributed by atoms with Gasteiger partial charge in [-0.25, -0.2) is 0 Å². The van der Waals surface area contributed by atoms with Gasteiger partial charge >= 0.3 is 5.97 Å². The molecule has 0 spiro atoms. The van der Waals surface area contributed by atoms with E-state index < -0.39 is 17.0 Å². The predicted molar refractivity (Wildman–Crippen MR) is 67.9 cm³/mol. The number of hydrogen-bond acceptors (Lipinski definition) is 4. The van der Waals surface area contributed by atoms with Crippen molar-refractivity contribution >= 4 is 17.7 Å². The van der Waals surface area contributed by atoms with Crippen LogP contribution in [0.1, 0.15) is 12.5 Å². The van der Waals surface area contributed by atoms with Crippen LogP contribution in [0.2, 0.25) is 0 Å². The molecule has 94 valence electrons. The number of hydrogen-bond donors (Lipinski definition) is 0. The highest BCUT2D eigenvalue weighted by Gasteiger charge is 2.04. The fraction of sp³-hybridized carbons (Fsp3) is 0.154. The van der Waals surface area contributed by atoms with Crippen LogP contribution < -0.4 is 0 Å². The lowest BCUT2D eigenvalue weighted by molar-refractivity contribution is -0.384. The molecular formula is C13H13NO4. The summed E-state index contributed by atoms with van der Waals surface area (Å²) in [5.74, 6) is -0.395. The molecule has 0 N–H and O–H groups in total. The lowest BCUT2D eigenvalue weighted by Crippen LogP contribution is -2.09. The number of nitro groups is 1. The summed E-state index contributed by atoms with van der Waals surface area (Å²) < 4.78 is 4.93. The zero-order valence-electron chi connectivity index (χ0n) is 9.91. The smallest absolute Gasteiger partial charge is 0.303 e. The molecule has 1 rings (SSSR count). The van der Waals surface area contributed by atoms with Gasteiger partial charge in [0, 0.05) is 19.1 Å². The highest BCUT2D eigenvalue weighted by molar-refractivity contribution is 5.67. The van der Waals surface area contributed by atoms with Crippen LogP contribution in [-0.4, -0.2) is 17.0 Å². The van der Waals surface area contributed by atoms with Crippen LogP contribution in [0.4, 0.5) is 5.69 Å². The van der Waals surface area contributed by atoms with Crippen LogP contribution in [0.5, 0.6) is 0 Å². The minimum atomic E-state index is -0.502. The van der Waals surface area contributed by atoms with Crippen molar-refractivity contribution in [3.8, 4) is 0 Å². The number of carbonyl (C=O) groups excluding carboxylic acids is 1. The second-order valence-electron chi connectivity index (χ2n) is 3.52. The highest BCUT2D eigenvalue weighted by Crippen LogP contribution is 2.13. The predicted octanol–water partition coefficient (Wildman–Crippen LogP) is 2.73. The van der Waals surface area contributed by atoms with Gasteiger partial charge in [0.25, 0.3) is 5.69 Å². The second-order valence-corrected chi connectivity index (χ2v) is 3.52. The van der Waals surface area contributed by atoms with E-state index in [0.717, 1.165) is 5.56 Å². The van der Waals surface area contributed by atoms with Crippen LogP contribution in [0, 0.1) is 10.1 Å². The van der Waals surface area contributed by atoms with E-state index in [1.165, 1.54) is 25.1 Å². The standard InChI is InChI=1S/C13H13NO4/c1-3-13(18-10(2)15)9-6-11-4-7-12(8-5-11)14(16)17/h3-9,13H,1H2,2H3/b9-6-. The SMILES string of the molecule is C=CC(/C=C\c1ccc([N+](=O)[O-])cc1)OC(C)=O.